The maximum Gasteiger partial charge on any atom is 0.224 e. The first-order chi connectivity index (χ1) is 10.3. The van der Waals surface area contributed by atoms with Gasteiger partial charge in [-0.3, -0.25) is 4.79 Å². The van der Waals surface area contributed by atoms with Gasteiger partial charge in [-0.1, -0.05) is 12.1 Å². The maximum atomic E-state index is 12.3. The Hall–Kier alpha value is -1.40. The highest BCUT2D eigenvalue weighted by Crippen LogP contribution is 2.19. The van der Waals surface area contributed by atoms with Crippen LogP contribution in [0.1, 0.15) is 31.4 Å². The first kappa shape index (κ1) is 17.0. The van der Waals surface area contributed by atoms with Crippen LogP contribution in [0.25, 0.3) is 0 Å². The van der Waals surface area contributed by atoms with E-state index in [0.717, 1.165) is 31.5 Å². The average Bonchev–Trinajstić information content (AvgIpc) is 2.46. The second-order valence-corrected chi connectivity index (χ2v) is 8.19. The summed E-state index contributed by atoms with van der Waals surface area (Å²) < 4.78 is 22.9. The fourth-order valence-corrected chi connectivity index (χ4v) is 3.43. The monoisotopic (exact) mass is 324 g/mol. The minimum Gasteiger partial charge on any atom is -0.349 e. The van der Waals surface area contributed by atoms with Crippen LogP contribution in [0.15, 0.2) is 29.2 Å². The van der Waals surface area contributed by atoms with Crippen molar-refractivity contribution in [1.29, 1.82) is 0 Å². The average molecular weight is 324 g/mol. The molecule has 0 bridgehead atoms. The van der Waals surface area contributed by atoms with Gasteiger partial charge in [0.2, 0.25) is 5.91 Å². The van der Waals surface area contributed by atoms with Gasteiger partial charge in [0.1, 0.15) is 0 Å². The molecule has 1 amide bonds. The minimum absolute atomic E-state index is 0.0384. The third-order valence-corrected chi connectivity index (χ3v) is 5.29. The zero-order valence-electron chi connectivity index (χ0n) is 13.4. The van der Waals surface area contributed by atoms with Gasteiger partial charge in [0.25, 0.3) is 0 Å². The van der Waals surface area contributed by atoms with Crippen molar-refractivity contribution in [2.24, 2.45) is 5.92 Å². The van der Waals surface area contributed by atoms with E-state index in [1.807, 2.05) is 14.0 Å². The highest BCUT2D eigenvalue weighted by Gasteiger charge is 2.25. The molecule has 1 aromatic rings. The summed E-state index contributed by atoms with van der Waals surface area (Å²) in [6.07, 6.45) is 3.16. The first-order valence-corrected chi connectivity index (χ1v) is 9.45. The van der Waals surface area contributed by atoms with Crippen LogP contribution in [0.2, 0.25) is 0 Å². The molecule has 122 valence electrons. The maximum absolute atomic E-state index is 12.3. The van der Waals surface area contributed by atoms with Crippen molar-refractivity contribution in [3.8, 4) is 0 Å². The lowest BCUT2D eigenvalue weighted by Crippen LogP contribution is -2.42. The van der Waals surface area contributed by atoms with E-state index < -0.39 is 9.84 Å². The van der Waals surface area contributed by atoms with Gasteiger partial charge in [-0.05, 0) is 51.1 Å². The van der Waals surface area contributed by atoms with Gasteiger partial charge in [-0.2, -0.15) is 0 Å². The van der Waals surface area contributed by atoms with Crippen LogP contribution in [0, 0.1) is 5.92 Å². The number of piperidine rings is 1. The molecule has 6 heteroatoms. The Labute approximate surface area is 132 Å². The van der Waals surface area contributed by atoms with Crippen molar-refractivity contribution in [1.82, 2.24) is 10.2 Å². The van der Waals surface area contributed by atoms with Crippen LogP contribution in [-0.2, 0) is 14.6 Å². The van der Waals surface area contributed by atoms with Crippen LogP contribution in [0.5, 0.6) is 0 Å². The van der Waals surface area contributed by atoms with Gasteiger partial charge in [0.15, 0.2) is 9.84 Å². The number of carbonyl (C=O) groups is 1. The van der Waals surface area contributed by atoms with Gasteiger partial charge >= 0.3 is 0 Å². The molecule has 1 N–H and O–H groups in total. The standard InChI is InChI=1S/C16H24N2O3S/c1-12(13-6-8-15(9-7-13)22(3,20)21)17-16(19)14-5-4-10-18(2)11-14/h6-9,12,14H,4-5,10-11H2,1-3H3,(H,17,19)/t12-,14+/m0/s1. The Morgan fingerprint density at radius 2 is 1.95 bits per heavy atom. The molecule has 0 saturated carbocycles. The third kappa shape index (κ3) is 4.30. The zero-order chi connectivity index (χ0) is 16.3. The second-order valence-electron chi connectivity index (χ2n) is 6.17. The lowest BCUT2D eigenvalue weighted by atomic mass is 9.97. The quantitative estimate of drug-likeness (QED) is 0.914. The van der Waals surface area contributed by atoms with E-state index >= 15 is 0 Å². The summed E-state index contributed by atoms with van der Waals surface area (Å²) in [5, 5.41) is 3.03. The molecule has 2 atom stereocenters. The van der Waals surface area contributed by atoms with E-state index in [1.54, 1.807) is 24.3 Å². The number of nitrogens with zero attached hydrogens (tertiary/aromatic N) is 1. The minimum atomic E-state index is -3.18. The molecule has 1 aliphatic rings. The van der Waals surface area contributed by atoms with Gasteiger partial charge in [0, 0.05) is 12.8 Å². The molecule has 5 nitrogen and oxygen atoms in total. The zero-order valence-corrected chi connectivity index (χ0v) is 14.2. The van der Waals surface area contributed by atoms with Crippen molar-refractivity contribution in [2.45, 2.75) is 30.7 Å². The molecule has 1 heterocycles. The lowest BCUT2D eigenvalue weighted by molar-refractivity contribution is -0.127. The molecule has 0 radical (unpaired) electrons. The predicted molar refractivity (Wildman–Crippen MR) is 86.3 cm³/mol. The first-order valence-electron chi connectivity index (χ1n) is 7.56. The Kier molecular flexibility index (Phi) is 5.24. The van der Waals surface area contributed by atoms with Gasteiger partial charge in [0.05, 0.1) is 16.9 Å². The number of rotatable bonds is 4. The summed E-state index contributed by atoms with van der Waals surface area (Å²) >= 11 is 0. The SMILES string of the molecule is C[C@H](NC(=O)[C@@H]1CCCN(C)C1)c1ccc(S(C)(=O)=O)cc1. The van der Waals surface area contributed by atoms with Crippen LogP contribution in [0.4, 0.5) is 0 Å². The molecule has 0 unspecified atom stereocenters. The van der Waals surface area contributed by atoms with E-state index in [4.69, 9.17) is 0 Å². The number of sulfone groups is 1. The summed E-state index contributed by atoms with van der Waals surface area (Å²) in [4.78, 5) is 14.8. The molecule has 0 aliphatic carbocycles. The molecular formula is C16H24N2O3S. The van der Waals surface area contributed by atoms with Gasteiger partial charge in [-0.15, -0.1) is 0 Å². The largest absolute Gasteiger partial charge is 0.349 e. The van der Waals surface area contributed by atoms with Crippen LogP contribution < -0.4 is 5.32 Å². The normalized spacial score (nSPS) is 21.3. The summed E-state index contributed by atoms with van der Waals surface area (Å²) in [5.41, 5.74) is 0.907. The Morgan fingerprint density at radius 3 is 2.50 bits per heavy atom. The Balaban J connectivity index is 1.99. The van der Waals surface area contributed by atoms with Crippen molar-refractivity contribution in [2.75, 3.05) is 26.4 Å². The second kappa shape index (κ2) is 6.79. The van der Waals surface area contributed by atoms with Crippen molar-refractivity contribution >= 4 is 15.7 Å². The highest BCUT2D eigenvalue weighted by molar-refractivity contribution is 7.90. The molecule has 2 rings (SSSR count). The number of hydrogen-bond acceptors (Lipinski definition) is 4. The fourth-order valence-electron chi connectivity index (χ4n) is 2.80. The van der Waals surface area contributed by atoms with Crippen LogP contribution >= 0.6 is 0 Å². The summed E-state index contributed by atoms with van der Waals surface area (Å²) in [6.45, 7) is 3.76. The van der Waals surface area contributed by atoms with Crippen molar-refractivity contribution in [3.05, 3.63) is 29.8 Å². The molecule has 1 fully saturated rings. The van der Waals surface area contributed by atoms with E-state index in [2.05, 4.69) is 10.2 Å². The molecule has 0 aromatic heterocycles. The Morgan fingerprint density at radius 1 is 1.32 bits per heavy atom. The Bertz CT molecular complexity index is 625. The number of benzene rings is 1. The number of carbonyl (C=O) groups excluding carboxylic acids is 1. The van der Waals surface area contributed by atoms with E-state index in [0.29, 0.717) is 4.90 Å². The molecule has 1 saturated heterocycles. The molecule has 22 heavy (non-hydrogen) atoms. The number of likely N-dealkylation sites (tertiary alicyclic amines) is 1. The van der Waals surface area contributed by atoms with E-state index in [1.165, 1.54) is 6.26 Å². The predicted octanol–water partition coefficient (Wildman–Crippen LogP) is 1.61. The number of nitrogens with one attached hydrogen (secondary N) is 1. The van der Waals surface area contributed by atoms with Gasteiger partial charge in [-0.25, -0.2) is 8.42 Å². The smallest absolute Gasteiger partial charge is 0.224 e. The topological polar surface area (TPSA) is 66.5 Å². The summed E-state index contributed by atoms with van der Waals surface area (Å²) in [5.74, 6) is 0.114. The fraction of sp³-hybridized carbons (Fsp3) is 0.562. The lowest BCUT2D eigenvalue weighted by Gasteiger charge is -2.29. The van der Waals surface area contributed by atoms with Crippen LogP contribution in [0.3, 0.4) is 0 Å². The van der Waals surface area contributed by atoms with E-state index in [-0.39, 0.29) is 17.9 Å². The van der Waals surface area contributed by atoms with Crippen molar-refractivity contribution < 1.29 is 13.2 Å². The van der Waals surface area contributed by atoms with E-state index in [9.17, 15) is 13.2 Å². The molecule has 1 aliphatic heterocycles. The van der Waals surface area contributed by atoms with Gasteiger partial charge < -0.3 is 10.2 Å². The number of hydrogen-bond donors (Lipinski definition) is 1. The summed E-state index contributed by atoms with van der Waals surface area (Å²) in [6, 6.07) is 6.56. The highest BCUT2D eigenvalue weighted by atomic mass is 32.2. The van der Waals surface area contributed by atoms with Crippen LogP contribution in [-0.4, -0.2) is 45.6 Å². The van der Waals surface area contributed by atoms with Crippen molar-refractivity contribution in [3.63, 3.8) is 0 Å². The molecule has 0 spiro atoms. The third-order valence-electron chi connectivity index (χ3n) is 4.16. The summed E-state index contributed by atoms with van der Waals surface area (Å²) in [7, 11) is -1.15. The number of amides is 1. The molecular weight excluding hydrogens is 300 g/mol. The molecule has 1 aromatic carbocycles.